The number of hydrogen-bond donors (Lipinski definition) is 1. The van der Waals surface area contributed by atoms with Crippen LogP contribution in [0.15, 0.2) is 24.3 Å². The molecule has 0 unspecified atom stereocenters. The average molecular weight is 312 g/mol. The van der Waals surface area contributed by atoms with Gasteiger partial charge in [0.15, 0.2) is 0 Å². The normalized spacial score (nSPS) is 23.0. The number of rotatable bonds is 5. The van der Waals surface area contributed by atoms with Gasteiger partial charge >= 0.3 is 0 Å². The molecule has 3 aliphatic rings. The zero-order chi connectivity index (χ0) is 15.8. The van der Waals surface area contributed by atoms with Gasteiger partial charge in [-0.2, -0.15) is 0 Å². The van der Waals surface area contributed by atoms with E-state index in [0.29, 0.717) is 6.04 Å². The molecule has 1 atom stereocenters. The molecule has 1 N–H and O–H groups in total. The van der Waals surface area contributed by atoms with Crippen LogP contribution in [0.1, 0.15) is 55.7 Å². The highest BCUT2D eigenvalue weighted by Gasteiger charge is 2.39. The van der Waals surface area contributed by atoms with Gasteiger partial charge in [0.2, 0.25) is 11.8 Å². The number of aryl methyl sites for hydroxylation is 1. The van der Waals surface area contributed by atoms with Gasteiger partial charge < -0.3 is 10.2 Å². The molecular formula is C19H24N2O2. The molecule has 2 amide bonds. The Morgan fingerprint density at radius 2 is 1.87 bits per heavy atom. The number of nitrogens with one attached hydrogen (secondary N) is 1. The number of fused-ring (bicyclic) bond motifs is 1. The molecule has 0 spiro atoms. The minimum Gasteiger partial charge on any atom is -0.347 e. The van der Waals surface area contributed by atoms with Crippen molar-refractivity contribution in [3.63, 3.8) is 0 Å². The highest BCUT2D eigenvalue weighted by Crippen LogP contribution is 2.40. The van der Waals surface area contributed by atoms with Crippen LogP contribution in [0, 0.1) is 5.92 Å². The van der Waals surface area contributed by atoms with E-state index in [1.165, 1.54) is 11.1 Å². The summed E-state index contributed by atoms with van der Waals surface area (Å²) < 4.78 is 0. The minimum atomic E-state index is 0.0538. The number of nitrogens with zero attached hydrogens (tertiary/aromatic N) is 1. The van der Waals surface area contributed by atoms with Crippen LogP contribution in [0.25, 0.3) is 0 Å². The van der Waals surface area contributed by atoms with Crippen LogP contribution in [0.4, 0.5) is 0 Å². The van der Waals surface area contributed by atoms with E-state index in [4.69, 9.17) is 0 Å². The maximum Gasteiger partial charge on any atom is 0.242 e. The smallest absolute Gasteiger partial charge is 0.242 e. The lowest BCUT2D eigenvalue weighted by Crippen LogP contribution is -2.44. The summed E-state index contributed by atoms with van der Waals surface area (Å²) in [6.45, 7) is 0.157. The number of amides is 2. The fourth-order valence-corrected chi connectivity index (χ4v) is 3.75. The molecule has 0 aromatic heterocycles. The van der Waals surface area contributed by atoms with Gasteiger partial charge in [-0.3, -0.25) is 9.59 Å². The number of benzene rings is 1. The molecule has 3 aliphatic carbocycles. The van der Waals surface area contributed by atoms with Crippen LogP contribution >= 0.6 is 0 Å². The molecule has 4 heteroatoms. The van der Waals surface area contributed by atoms with Crippen LogP contribution in [0.3, 0.4) is 0 Å². The van der Waals surface area contributed by atoms with Crippen molar-refractivity contribution in [2.24, 2.45) is 5.92 Å². The van der Waals surface area contributed by atoms with Gasteiger partial charge in [0.1, 0.15) is 0 Å². The second-order valence-electron chi connectivity index (χ2n) is 7.13. The first kappa shape index (κ1) is 14.7. The first-order valence-corrected chi connectivity index (χ1v) is 8.90. The average Bonchev–Trinajstić information content (AvgIpc) is 3.46. The minimum absolute atomic E-state index is 0.0538. The fraction of sp³-hybridized carbons (Fsp3) is 0.579. The third kappa shape index (κ3) is 3.12. The highest BCUT2D eigenvalue weighted by molar-refractivity contribution is 5.87. The maximum atomic E-state index is 12.8. The van der Waals surface area contributed by atoms with Crippen LogP contribution in [-0.4, -0.2) is 29.3 Å². The van der Waals surface area contributed by atoms with E-state index in [-0.39, 0.29) is 30.3 Å². The zero-order valence-corrected chi connectivity index (χ0v) is 13.5. The first-order chi connectivity index (χ1) is 11.2. The Bertz CT molecular complexity index is 620. The van der Waals surface area contributed by atoms with Crippen molar-refractivity contribution < 1.29 is 9.59 Å². The number of hydrogen-bond acceptors (Lipinski definition) is 2. The maximum absolute atomic E-state index is 12.8. The lowest BCUT2D eigenvalue weighted by Gasteiger charge is -2.36. The molecule has 0 radical (unpaired) electrons. The Hall–Kier alpha value is -1.84. The van der Waals surface area contributed by atoms with Crippen molar-refractivity contribution in [1.82, 2.24) is 10.2 Å². The molecule has 122 valence electrons. The fourth-order valence-electron chi connectivity index (χ4n) is 3.75. The van der Waals surface area contributed by atoms with Gasteiger partial charge in [0.25, 0.3) is 0 Å². The second-order valence-corrected chi connectivity index (χ2v) is 7.13. The third-order valence-electron chi connectivity index (χ3n) is 5.26. The van der Waals surface area contributed by atoms with E-state index < -0.39 is 0 Å². The molecule has 1 aromatic carbocycles. The molecule has 2 fully saturated rings. The van der Waals surface area contributed by atoms with Gasteiger partial charge in [-0.25, -0.2) is 0 Å². The lowest BCUT2D eigenvalue weighted by molar-refractivity contribution is -0.136. The van der Waals surface area contributed by atoms with Gasteiger partial charge in [0, 0.05) is 12.0 Å². The van der Waals surface area contributed by atoms with Gasteiger partial charge in [-0.15, -0.1) is 0 Å². The highest BCUT2D eigenvalue weighted by atomic mass is 16.2. The molecule has 2 saturated carbocycles. The summed E-state index contributed by atoms with van der Waals surface area (Å²) in [5.74, 6) is 0.300. The van der Waals surface area contributed by atoms with Crippen LogP contribution in [0.5, 0.6) is 0 Å². The summed E-state index contributed by atoms with van der Waals surface area (Å²) in [6.07, 6.45) is 7.42. The van der Waals surface area contributed by atoms with Crippen molar-refractivity contribution in [2.75, 3.05) is 6.54 Å². The van der Waals surface area contributed by atoms with Crippen LogP contribution in [0.2, 0.25) is 0 Å². The third-order valence-corrected chi connectivity index (χ3v) is 5.26. The second kappa shape index (κ2) is 5.99. The van der Waals surface area contributed by atoms with E-state index in [2.05, 4.69) is 34.5 Å². The summed E-state index contributed by atoms with van der Waals surface area (Å²) in [7, 11) is 0. The number of carbonyl (C=O) groups is 2. The van der Waals surface area contributed by atoms with Gasteiger partial charge in [-0.05, 0) is 56.1 Å². The Morgan fingerprint density at radius 3 is 2.61 bits per heavy atom. The first-order valence-electron chi connectivity index (χ1n) is 8.90. The molecule has 4 nitrogen and oxygen atoms in total. The predicted octanol–water partition coefficient (Wildman–Crippen LogP) is 2.58. The van der Waals surface area contributed by atoms with Crippen molar-refractivity contribution >= 4 is 11.8 Å². The Kier molecular flexibility index (Phi) is 3.83. The molecule has 0 heterocycles. The van der Waals surface area contributed by atoms with E-state index in [9.17, 15) is 9.59 Å². The van der Waals surface area contributed by atoms with Crippen molar-refractivity contribution in [1.29, 1.82) is 0 Å². The Morgan fingerprint density at radius 1 is 1.09 bits per heavy atom. The molecule has 0 bridgehead atoms. The van der Waals surface area contributed by atoms with Crippen LogP contribution in [-0.2, 0) is 16.0 Å². The molecule has 0 saturated heterocycles. The van der Waals surface area contributed by atoms with E-state index in [1.807, 2.05) is 0 Å². The van der Waals surface area contributed by atoms with Crippen LogP contribution < -0.4 is 5.32 Å². The zero-order valence-electron chi connectivity index (χ0n) is 13.5. The lowest BCUT2D eigenvalue weighted by atomic mass is 9.86. The predicted molar refractivity (Wildman–Crippen MR) is 87.7 cm³/mol. The molecule has 23 heavy (non-hydrogen) atoms. The molecule has 1 aromatic rings. The molecule has 0 aliphatic heterocycles. The van der Waals surface area contributed by atoms with E-state index in [1.54, 1.807) is 0 Å². The van der Waals surface area contributed by atoms with Crippen molar-refractivity contribution in [2.45, 2.75) is 57.0 Å². The quantitative estimate of drug-likeness (QED) is 0.908. The topological polar surface area (TPSA) is 49.4 Å². The largest absolute Gasteiger partial charge is 0.347 e. The molecular weight excluding hydrogens is 288 g/mol. The van der Waals surface area contributed by atoms with E-state index >= 15 is 0 Å². The van der Waals surface area contributed by atoms with Gasteiger partial charge in [0.05, 0.1) is 12.6 Å². The standard InChI is InChI=1S/C19H24N2O2/c22-18(12-20-19(23)14-8-9-14)21(15-10-11-15)17-7-3-5-13-4-1-2-6-16(13)17/h1-2,4,6,14-15,17H,3,5,7-12H2,(H,20,23)/t17-/m0/s1. The Labute approximate surface area is 137 Å². The molecule has 4 rings (SSSR count). The van der Waals surface area contributed by atoms with Crippen molar-refractivity contribution in [3.8, 4) is 0 Å². The monoisotopic (exact) mass is 312 g/mol. The summed E-state index contributed by atoms with van der Waals surface area (Å²) in [4.78, 5) is 26.7. The Balaban J connectivity index is 1.49. The summed E-state index contributed by atoms with van der Waals surface area (Å²) >= 11 is 0. The SMILES string of the molecule is O=C(NCC(=O)N(C1CC1)[C@H]1CCCc2ccccc21)C1CC1. The summed E-state index contributed by atoms with van der Waals surface area (Å²) in [5, 5.41) is 2.84. The summed E-state index contributed by atoms with van der Waals surface area (Å²) in [5.41, 5.74) is 2.69. The number of carbonyl (C=O) groups excluding carboxylic acids is 2. The summed E-state index contributed by atoms with van der Waals surface area (Å²) in [6, 6.07) is 9.08. The van der Waals surface area contributed by atoms with Gasteiger partial charge in [-0.1, -0.05) is 24.3 Å². The van der Waals surface area contributed by atoms with Crippen molar-refractivity contribution in [3.05, 3.63) is 35.4 Å². The van der Waals surface area contributed by atoms with E-state index in [0.717, 1.165) is 44.9 Å².